The number of aryl methyl sites for hydroxylation is 1. The minimum absolute atomic E-state index is 0.159. The molecule has 2 aromatic rings. The van der Waals surface area contributed by atoms with Crippen LogP contribution in [0, 0.1) is 6.92 Å². The number of hydrogen-bond donors (Lipinski definition) is 0. The summed E-state index contributed by atoms with van der Waals surface area (Å²) in [5.74, 6) is 0. The van der Waals surface area contributed by atoms with E-state index in [1.54, 1.807) is 6.20 Å². The summed E-state index contributed by atoms with van der Waals surface area (Å²) >= 11 is 0. The highest BCUT2D eigenvalue weighted by molar-refractivity contribution is 5.77. The third-order valence-electron chi connectivity index (χ3n) is 5.25. The van der Waals surface area contributed by atoms with Gasteiger partial charge in [-0.15, -0.1) is 0 Å². The maximum Gasteiger partial charge on any atom is 0.320 e. The molecule has 4 rings (SSSR count). The summed E-state index contributed by atoms with van der Waals surface area (Å²) in [6.07, 6.45) is 1.78. The van der Waals surface area contributed by atoms with Gasteiger partial charge in [-0.2, -0.15) is 0 Å². The SMILES string of the molecule is Cc1ccccc1CN1CCN2C(=O)N(Cc3ccccn3)C[C@H]2C1. The van der Waals surface area contributed by atoms with Crippen molar-refractivity contribution in [3.05, 3.63) is 65.5 Å². The maximum absolute atomic E-state index is 12.7. The predicted octanol–water partition coefficient (Wildman–Crippen LogP) is 2.51. The van der Waals surface area contributed by atoms with E-state index in [9.17, 15) is 4.79 Å². The van der Waals surface area contributed by atoms with Gasteiger partial charge in [-0.25, -0.2) is 4.79 Å². The molecule has 1 aromatic carbocycles. The molecule has 0 aliphatic carbocycles. The van der Waals surface area contributed by atoms with E-state index >= 15 is 0 Å². The van der Waals surface area contributed by atoms with Gasteiger partial charge in [0.25, 0.3) is 0 Å². The Morgan fingerprint density at radius 3 is 2.68 bits per heavy atom. The van der Waals surface area contributed by atoms with Crippen LogP contribution in [0.4, 0.5) is 4.79 Å². The van der Waals surface area contributed by atoms with Crippen molar-refractivity contribution in [1.29, 1.82) is 0 Å². The van der Waals surface area contributed by atoms with E-state index in [0.717, 1.165) is 38.4 Å². The molecule has 5 heteroatoms. The summed E-state index contributed by atoms with van der Waals surface area (Å²) < 4.78 is 0. The lowest BCUT2D eigenvalue weighted by Gasteiger charge is -2.36. The number of carbonyl (C=O) groups is 1. The lowest BCUT2D eigenvalue weighted by Crippen LogP contribution is -2.51. The number of piperazine rings is 1. The number of carbonyl (C=O) groups excluding carboxylic acids is 1. The van der Waals surface area contributed by atoms with Gasteiger partial charge in [0.2, 0.25) is 0 Å². The first-order valence-electron chi connectivity index (χ1n) is 8.93. The van der Waals surface area contributed by atoms with Crippen molar-refractivity contribution in [2.45, 2.75) is 26.1 Å². The van der Waals surface area contributed by atoms with Crippen LogP contribution in [0.5, 0.6) is 0 Å². The zero-order valence-corrected chi connectivity index (χ0v) is 14.6. The summed E-state index contributed by atoms with van der Waals surface area (Å²) in [5, 5.41) is 0. The quantitative estimate of drug-likeness (QED) is 0.861. The normalized spacial score (nSPS) is 20.8. The fourth-order valence-corrected chi connectivity index (χ4v) is 3.83. The molecule has 25 heavy (non-hydrogen) atoms. The number of rotatable bonds is 4. The summed E-state index contributed by atoms with van der Waals surface area (Å²) in [7, 11) is 0. The molecule has 130 valence electrons. The maximum atomic E-state index is 12.7. The van der Waals surface area contributed by atoms with Crippen LogP contribution >= 0.6 is 0 Å². The molecule has 2 aliphatic rings. The fraction of sp³-hybridized carbons (Fsp3) is 0.400. The molecule has 0 radical (unpaired) electrons. The Balaban J connectivity index is 1.40. The Labute approximate surface area is 148 Å². The van der Waals surface area contributed by atoms with Gasteiger partial charge in [-0.3, -0.25) is 9.88 Å². The molecule has 0 N–H and O–H groups in total. The number of nitrogens with zero attached hydrogens (tertiary/aromatic N) is 4. The molecule has 5 nitrogen and oxygen atoms in total. The highest BCUT2D eigenvalue weighted by Gasteiger charge is 2.40. The summed E-state index contributed by atoms with van der Waals surface area (Å²) in [5.41, 5.74) is 3.67. The van der Waals surface area contributed by atoms with Gasteiger partial charge in [0, 0.05) is 38.9 Å². The largest absolute Gasteiger partial charge is 0.320 e. The van der Waals surface area contributed by atoms with Crippen molar-refractivity contribution < 1.29 is 4.79 Å². The lowest BCUT2D eigenvalue weighted by atomic mass is 10.1. The number of urea groups is 1. The molecule has 1 aromatic heterocycles. The smallest absolute Gasteiger partial charge is 0.317 e. The first-order chi connectivity index (χ1) is 12.2. The molecule has 1 atom stereocenters. The van der Waals surface area contributed by atoms with Gasteiger partial charge in [-0.1, -0.05) is 30.3 Å². The van der Waals surface area contributed by atoms with Gasteiger partial charge in [0.05, 0.1) is 18.3 Å². The van der Waals surface area contributed by atoms with Crippen molar-refractivity contribution in [2.24, 2.45) is 0 Å². The van der Waals surface area contributed by atoms with Crippen molar-refractivity contribution in [3.8, 4) is 0 Å². The van der Waals surface area contributed by atoms with E-state index < -0.39 is 0 Å². The van der Waals surface area contributed by atoms with E-state index in [2.05, 4.69) is 41.1 Å². The van der Waals surface area contributed by atoms with Crippen LogP contribution in [0.1, 0.15) is 16.8 Å². The number of pyridine rings is 1. The molecule has 2 fully saturated rings. The van der Waals surface area contributed by atoms with Crippen LogP contribution in [-0.2, 0) is 13.1 Å². The van der Waals surface area contributed by atoms with Crippen LogP contribution in [0.2, 0.25) is 0 Å². The van der Waals surface area contributed by atoms with E-state index in [0.29, 0.717) is 6.54 Å². The third-order valence-corrected chi connectivity index (χ3v) is 5.25. The van der Waals surface area contributed by atoms with Gasteiger partial charge < -0.3 is 9.80 Å². The molecule has 0 bridgehead atoms. The van der Waals surface area contributed by atoms with E-state index in [1.165, 1.54) is 11.1 Å². The Hall–Kier alpha value is -2.40. The van der Waals surface area contributed by atoms with E-state index in [4.69, 9.17) is 0 Å². The van der Waals surface area contributed by atoms with Crippen LogP contribution in [0.25, 0.3) is 0 Å². The second kappa shape index (κ2) is 6.84. The van der Waals surface area contributed by atoms with Gasteiger partial charge >= 0.3 is 6.03 Å². The van der Waals surface area contributed by atoms with Gasteiger partial charge in [0.15, 0.2) is 0 Å². The Bertz CT molecular complexity index is 748. The number of aromatic nitrogens is 1. The third kappa shape index (κ3) is 3.37. The van der Waals surface area contributed by atoms with Crippen LogP contribution in [0.15, 0.2) is 48.7 Å². The molecule has 2 amide bonds. The van der Waals surface area contributed by atoms with Crippen LogP contribution in [0.3, 0.4) is 0 Å². The lowest BCUT2D eigenvalue weighted by molar-refractivity contribution is 0.116. The minimum atomic E-state index is 0.159. The number of hydrogen-bond acceptors (Lipinski definition) is 3. The minimum Gasteiger partial charge on any atom is -0.317 e. The second-order valence-corrected chi connectivity index (χ2v) is 6.99. The summed E-state index contributed by atoms with van der Waals surface area (Å²) in [6.45, 7) is 7.22. The van der Waals surface area contributed by atoms with Crippen LogP contribution in [-0.4, -0.2) is 57.9 Å². The second-order valence-electron chi connectivity index (χ2n) is 6.99. The van der Waals surface area contributed by atoms with Crippen molar-refractivity contribution in [1.82, 2.24) is 19.7 Å². The fourth-order valence-electron chi connectivity index (χ4n) is 3.83. The Morgan fingerprint density at radius 2 is 1.88 bits per heavy atom. The first-order valence-corrected chi connectivity index (χ1v) is 8.93. The van der Waals surface area contributed by atoms with Crippen molar-refractivity contribution in [2.75, 3.05) is 26.2 Å². The molecule has 0 spiro atoms. The molecule has 0 unspecified atom stereocenters. The highest BCUT2D eigenvalue weighted by Crippen LogP contribution is 2.23. The highest BCUT2D eigenvalue weighted by atomic mass is 16.2. The molecular formula is C20H24N4O. The van der Waals surface area contributed by atoms with Gasteiger partial charge in [0.1, 0.15) is 0 Å². The summed E-state index contributed by atoms with van der Waals surface area (Å²) in [4.78, 5) is 23.5. The molecular weight excluding hydrogens is 312 g/mol. The van der Waals surface area contributed by atoms with Crippen LogP contribution < -0.4 is 0 Å². The van der Waals surface area contributed by atoms with Crippen molar-refractivity contribution >= 4 is 6.03 Å². The molecule has 3 heterocycles. The number of fused-ring (bicyclic) bond motifs is 1. The number of benzene rings is 1. The molecule has 2 aliphatic heterocycles. The average Bonchev–Trinajstić information content (AvgIpc) is 2.93. The van der Waals surface area contributed by atoms with E-state index in [-0.39, 0.29) is 12.1 Å². The predicted molar refractivity (Wildman–Crippen MR) is 97.0 cm³/mol. The van der Waals surface area contributed by atoms with E-state index in [1.807, 2.05) is 28.0 Å². The standard InChI is InChI=1S/C20H24N4O/c1-16-6-2-3-7-17(16)12-22-10-11-24-19(14-22)15-23(20(24)25)13-18-8-4-5-9-21-18/h2-9,19H,10-15H2,1H3/t19-/m1/s1. The summed E-state index contributed by atoms with van der Waals surface area (Å²) in [6, 6.07) is 14.9. The number of amides is 2. The van der Waals surface area contributed by atoms with Crippen molar-refractivity contribution in [3.63, 3.8) is 0 Å². The molecule has 0 saturated carbocycles. The molecule has 2 saturated heterocycles. The Kier molecular flexibility index (Phi) is 4.40. The Morgan fingerprint density at radius 1 is 1.04 bits per heavy atom. The van der Waals surface area contributed by atoms with Gasteiger partial charge in [-0.05, 0) is 30.2 Å². The topological polar surface area (TPSA) is 39.7 Å². The monoisotopic (exact) mass is 336 g/mol. The average molecular weight is 336 g/mol. The zero-order valence-electron chi connectivity index (χ0n) is 14.6. The zero-order chi connectivity index (χ0) is 17.2. The first kappa shape index (κ1) is 16.1.